The Hall–Kier alpha value is -0.350. The summed E-state index contributed by atoms with van der Waals surface area (Å²) >= 11 is 5.18. The minimum Gasteiger partial charge on any atom is -0.373 e. The molecule has 1 aliphatic rings. The van der Waals surface area contributed by atoms with E-state index in [4.69, 9.17) is 17.0 Å². The minimum atomic E-state index is -0.0242. The van der Waals surface area contributed by atoms with E-state index in [-0.39, 0.29) is 5.60 Å². The van der Waals surface area contributed by atoms with Crippen LogP contribution >= 0.6 is 12.2 Å². The van der Waals surface area contributed by atoms with Crippen molar-refractivity contribution in [2.45, 2.75) is 39.2 Å². The maximum absolute atomic E-state index is 5.67. The number of thiocarbonyl (C=S) groups is 1. The molecule has 1 atom stereocenters. The van der Waals surface area contributed by atoms with Gasteiger partial charge in [0.25, 0.3) is 0 Å². The van der Waals surface area contributed by atoms with Gasteiger partial charge in [-0.2, -0.15) is 0 Å². The summed E-state index contributed by atoms with van der Waals surface area (Å²) < 4.78 is 5.67. The smallest absolute Gasteiger partial charge is 0.166 e. The van der Waals surface area contributed by atoms with Gasteiger partial charge in [-0.25, -0.2) is 0 Å². The first-order valence-electron chi connectivity index (χ1n) is 5.67. The van der Waals surface area contributed by atoms with E-state index in [0.717, 1.165) is 37.7 Å². The van der Waals surface area contributed by atoms with Crippen molar-refractivity contribution in [3.63, 3.8) is 0 Å². The lowest BCUT2D eigenvalue weighted by molar-refractivity contribution is 0.0244. The summed E-state index contributed by atoms with van der Waals surface area (Å²) in [7, 11) is 0. The Morgan fingerprint density at radius 2 is 2.20 bits per heavy atom. The zero-order valence-electron chi connectivity index (χ0n) is 9.93. The molecule has 1 saturated heterocycles. The molecule has 0 spiro atoms. The van der Waals surface area contributed by atoms with Crippen molar-refractivity contribution in [1.82, 2.24) is 10.6 Å². The normalized spacial score (nSPS) is 25.6. The van der Waals surface area contributed by atoms with E-state index >= 15 is 0 Å². The van der Waals surface area contributed by atoms with Gasteiger partial charge in [-0.3, -0.25) is 0 Å². The molecular formula is C11H22N2OS. The second-order valence-electron chi connectivity index (χ2n) is 4.86. The van der Waals surface area contributed by atoms with E-state index in [9.17, 15) is 0 Å². The highest BCUT2D eigenvalue weighted by Crippen LogP contribution is 2.23. The number of ether oxygens (including phenoxy) is 1. The lowest BCUT2D eigenvalue weighted by Gasteiger charge is -2.24. The highest BCUT2D eigenvalue weighted by atomic mass is 32.1. The summed E-state index contributed by atoms with van der Waals surface area (Å²) in [6.07, 6.45) is 2.27. The maximum Gasteiger partial charge on any atom is 0.166 e. The molecule has 0 aromatic heterocycles. The van der Waals surface area contributed by atoms with Crippen LogP contribution in [-0.2, 0) is 4.74 Å². The first kappa shape index (κ1) is 12.7. The number of rotatable bonds is 4. The fourth-order valence-corrected chi connectivity index (χ4v) is 1.76. The number of hydrogen-bond donors (Lipinski definition) is 2. The van der Waals surface area contributed by atoms with Crippen LogP contribution in [0.15, 0.2) is 0 Å². The van der Waals surface area contributed by atoms with Gasteiger partial charge in [0.15, 0.2) is 5.11 Å². The highest BCUT2D eigenvalue weighted by molar-refractivity contribution is 7.80. The fourth-order valence-electron chi connectivity index (χ4n) is 1.60. The number of nitrogens with one attached hydrogen (secondary N) is 2. The molecule has 1 rings (SSSR count). The molecule has 4 heteroatoms. The van der Waals surface area contributed by atoms with Crippen LogP contribution in [0.4, 0.5) is 0 Å². The molecule has 15 heavy (non-hydrogen) atoms. The van der Waals surface area contributed by atoms with Crippen LogP contribution in [0.1, 0.15) is 33.6 Å². The molecule has 0 radical (unpaired) electrons. The van der Waals surface area contributed by atoms with Crippen molar-refractivity contribution in [3.05, 3.63) is 0 Å². The molecule has 1 aliphatic heterocycles. The topological polar surface area (TPSA) is 33.3 Å². The summed E-state index contributed by atoms with van der Waals surface area (Å²) in [6.45, 7) is 9.07. The van der Waals surface area contributed by atoms with Crippen LogP contribution in [0, 0.1) is 5.92 Å². The molecule has 0 bridgehead atoms. The average Bonchev–Trinajstić information content (AvgIpc) is 2.60. The van der Waals surface area contributed by atoms with Crippen LogP contribution in [0.2, 0.25) is 0 Å². The molecular weight excluding hydrogens is 208 g/mol. The second kappa shape index (κ2) is 5.66. The molecule has 1 heterocycles. The predicted molar refractivity (Wildman–Crippen MR) is 67.0 cm³/mol. The Labute approximate surface area is 98.0 Å². The zero-order valence-corrected chi connectivity index (χ0v) is 10.7. The second-order valence-corrected chi connectivity index (χ2v) is 5.27. The van der Waals surface area contributed by atoms with E-state index in [1.54, 1.807) is 0 Å². The average molecular weight is 230 g/mol. The van der Waals surface area contributed by atoms with Crippen molar-refractivity contribution in [3.8, 4) is 0 Å². The molecule has 1 fully saturated rings. The van der Waals surface area contributed by atoms with Gasteiger partial charge in [0.1, 0.15) is 0 Å². The quantitative estimate of drug-likeness (QED) is 0.720. The largest absolute Gasteiger partial charge is 0.373 e. The van der Waals surface area contributed by atoms with Crippen LogP contribution in [0.5, 0.6) is 0 Å². The first-order valence-corrected chi connectivity index (χ1v) is 6.08. The highest BCUT2D eigenvalue weighted by Gasteiger charge is 2.29. The van der Waals surface area contributed by atoms with Gasteiger partial charge in [-0.05, 0) is 37.9 Å². The molecule has 0 aromatic rings. The van der Waals surface area contributed by atoms with Crippen LogP contribution in [0.25, 0.3) is 0 Å². The monoisotopic (exact) mass is 230 g/mol. The third-order valence-corrected chi connectivity index (χ3v) is 2.88. The molecule has 2 N–H and O–H groups in total. The fraction of sp³-hybridized carbons (Fsp3) is 0.909. The van der Waals surface area contributed by atoms with Gasteiger partial charge in [0.05, 0.1) is 5.60 Å². The van der Waals surface area contributed by atoms with E-state index in [1.165, 1.54) is 0 Å². The van der Waals surface area contributed by atoms with Crippen molar-refractivity contribution >= 4 is 17.3 Å². The molecule has 1 unspecified atom stereocenters. The molecule has 0 amide bonds. The van der Waals surface area contributed by atoms with Gasteiger partial charge in [-0.15, -0.1) is 0 Å². The molecule has 0 aromatic carbocycles. The minimum absolute atomic E-state index is 0.0242. The van der Waals surface area contributed by atoms with Gasteiger partial charge in [-0.1, -0.05) is 13.8 Å². The predicted octanol–water partition coefficient (Wildman–Crippen LogP) is 1.68. The van der Waals surface area contributed by atoms with Crippen molar-refractivity contribution in [2.24, 2.45) is 5.92 Å². The van der Waals surface area contributed by atoms with Crippen molar-refractivity contribution < 1.29 is 4.74 Å². The lowest BCUT2D eigenvalue weighted by atomic mass is 10.0. The van der Waals surface area contributed by atoms with Crippen LogP contribution in [0.3, 0.4) is 0 Å². The Kier molecular flexibility index (Phi) is 4.80. The third-order valence-electron chi connectivity index (χ3n) is 2.59. The van der Waals surface area contributed by atoms with E-state index in [1.807, 2.05) is 0 Å². The van der Waals surface area contributed by atoms with E-state index < -0.39 is 0 Å². The Morgan fingerprint density at radius 1 is 1.47 bits per heavy atom. The summed E-state index contributed by atoms with van der Waals surface area (Å²) in [5.74, 6) is 0.614. The van der Waals surface area contributed by atoms with E-state index in [2.05, 4.69) is 31.4 Å². The third kappa shape index (κ3) is 4.80. The first-order chi connectivity index (χ1) is 7.02. The molecule has 3 nitrogen and oxygen atoms in total. The van der Waals surface area contributed by atoms with Crippen molar-refractivity contribution in [2.75, 3.05) is 19.7 Å². The molecule has 0 aliphatic carbocycles. The molecule has 0 saturated carbocycles. The van der Waals surface area contributed by atoms with Gasteiger partial charge < -0.3 is 15.4 Å². The van der Waals surface area contributed by atoms with Gasteiger partial charge >= 0.3 is 0 Å². The zero-order chi connectivity index (χ0) is 11.3. The van der Waals surface area contributed by atoms with Crippen molar-refractivity contribution in [1.29, 1.82) is 0 Å². The molecule has 88 valence electrons. The summed E-state index contributed by atoms with van der Waals surface area (Å²) in [4.78, 5) is 0. The maximum atomic E-state index is 5.67. The van der Waals surface area contributed by atoms with Gasteiger partial charge in [0.2, 0.25) is 0 Å². The summed E-state index contributed by atoms with van der Waals surface area (Å²) in [5.41, 5.74) is -0.0242. The summed E-state index contributed by atoms with van der Waals surface area (Å²) in [5, 5.41) is 7.14. The number of hydrogen-bond acceptors (Lipinski definition) is 2. The Balaban J connectivity index is 2.16. The Morgan fingerprint density at radius 3 is 2.73 bits per heavy atom. The summed E-state index contributed by atoms with van der Waals surface area (Å²) in [6, 6.07) is 0. The van der Waals surface area contributed by atoms with Crippen LogP contribution in [-0.4, -0.2) is 30.4 Å². The van der Waals surface area contributed by atoms with E-state index in [0.29, 0.717) is 5.92 Å². The van der Waals surface area contributed by atoms with Crippen LogP contribution < -0.4 is 10.6 Å². The Bertz CT molecular complexity index is 213. The standard InChI is InChI=1S/C11H22N2OS/c1-9(2)7-12-10(15)13-8-11(3)5-4-6-14-11/h9H,4-8H2,1-3H3,(H2,12,13,15). The van der Waals surface area contributed by atoms with Gasteiger partial charge in [0, 0.05) is 19.7 Å². The lowest BCUT2D eigenvalue weighted by Crippen LogP contribution is -2.45. The SMILES string of the molecule is CC(C)CNC(=S)NCC1(C)CCCO1.